The van der Waals surface area contributed by atoms with Gasteiger partial charge in [0, 0.05) is 17.3 Å². The van der Waals surface area contributed by atoms with Crippen molar-refractivity contribution in [1.29, 1.82) is 0 Å². The van der Waals surface area contributed by atoms with Crippen LogP contribution >= 0.6 is 11.8 Å². The Labute approximate surface area is 175 Å². The molecule has 0 bridgehead atoms. The molecular weight excluding hydrogens is 380 g/mol. The molecule has 1 aromatic heterocycles. The van der Waals surface area contributed by atoms with Crippen LogP contribution in [-0.4, -0.2) is 26.4 Å². The third-order valence-electron chi connectivity index (χ3n) is 5.33. The normalized spacial score (nSPS) is 14.6. The molecule has 3 aromatic rings. The maximum Gasteiger partial charge on any atom is 0.234 e. The Kier molecular flexibility index (Phi) is 6.00. The molecule has 1 fully saturated rings. The van der Waals surface area contributed by atoms with Crippen molar-refractivity contribution in [3.63, 3.8) is 0 Å². The van der Waals surface area contributed by atoms with Gasteiger partial charge in [-0.05, 0) is 48.9 Å². The van der Waals surface area contributed by atoms with Crippen molar-refractivity contribution in [1.82, 2.24) is 14.8 Å². The van der Waals surface area contributed by atoms with Crippen molar-refractivity contribution in [2.45, 2.75) is 50.1 Å². The first-order valence-corrected chi connectivity index (χ1v) is 11.2. The minimum absolute atomic E-state index is 0.0265. The van der Waals surface area contributed by atoms with Crippen LogP contribution in [0, 0.1) is 0 Å². The summed E-state index contributed by atoms with van der Waals surface area (Å²) in [4.78, 5) is 12.7. The van der Waals surface area contributed by atoms with E-state index >= 15 is 0 Å². The van der Waals surface area contributed by atoms with Crippen molar-refractivity contribution in [2.75, 3.05) is 11.1 Å². The maximum atomic E-state index is 12.7. The molecule has 1 atom stereocenters. The van der Waals surface area contributed by atoms with Gasteiger partial charge in [0.2, 0.25) is 5.91 Å². The molecule has 0 unspecified atom stereocenters. The van der Waals surface area contributed by atoms with Gasteiger partial charge in [-0.3, -0.25) is 9.36 Å². The van der Waals surface area contributed by atoms with E-state index in [1.807, 2.05) is 36.4 Å². The van der Waals surface area contributed by atoms with Gasteiger partial charge >= 0.3 is 0 Å². The van der Waals surface area contributed by atoms with Crippen molar-refractivity contribution in [3.8, 4) is 5.69 Å². The molecule has 2 aromatic carbocycles. The molecule has 1 aliphatic carbocycles. The highest BCUT2D eigenvalue weighted by atomic mass is 32.2. The van der Waals surface area contributed by atoms with Gasteiger partial charge in [0.1, 0.15) is 5.82 Å². The van der Waals surface area contributed by atoms with Gasteiger partial charge < -0.3 is 5.32 Å². The zero-order valence-corrected chi connectivity index (χ0v) is 17.7. The molecule has 29 heavy (non-hydrogen) atoms. The second kappa shape index (κ2) is 8.82. The van der Waals surface area contributed by atoms with E-state index in [4.69, 9.17) is 0 Å². The highest BCUT2D eigenvalue weighted by Crippen LogP contribution is 2.41. The van der Waals surface area contributed by atoms with Crippen LogP contribution < -0.4 is 5.32 Å². The lowest BCUT2D eigenvalue weighted by atomic mass is 9.97. The molecule has 0 saturated heterocycles. The van der Waals surface area contributed by atoms with E-state index in [0.29, 0.717) is 17.6 Å². The van der Waals surface area contributed by atoms with Crippen LogP contribution in [0.4, 0.5) is 5.69 Å². The molecule has 6 heteroatoms. The number of para-hydroxylation sites is 2. The first kappa shape index (κ1) is 19.7. The second-order valence-electron chi connectivity index (χ2n) is 7.52. The Morgan fingerprint density at radius 1 is 1.14 bits per heavy atom. The van der Waals surface area contributed by atoms with Gasteiger partial charge in [-0.25, -0.2) is 0 Å². The number of hydrogen-bond donors (Lipinski definition) is 1. The fraction of sp³-hybridized carbons (Fsp3) is 0.348. The smallest absolute Gasteiger partial charge is 0.234 e. The summed E-state index contributed by atoms with van der Waals surface area (Å²) in [7, 11) is 0. The lowest BCUT2D eigenvalue weighted by Crippen LogP contribution is -2.16. The minimum Gasteiger partial charge on any atom is -0.325 e. The molecular formula is C23H26N4OS. The summed E-state index contributed by atoms with van der Waals surface area (Å²) >= 11 is 1.43. The lowest BCUT2D eigenvalue weighted by Gasteiger charge is -2.15. The third kappa shape index (κ3) is 4.53. The number of hydrogen-bond acceptors (Lipinski definition) is 4. The fourth-order valence-electron chi connectivity index (χ4n) is 3.38. The summed E-state index contributed by atoms with van der Waals surface area (Å²) < 4.78 is 2.10. The van der Waals surface area contributed by atoms with Gasteiger partial charge in [-0.1, -0.05) is 62.0 Å². The molecule has 0 spiro atoms. The van der Waals surface area contributed by atoms with E-state index in [2.05, 4.69) is 52.1 Å². The van der Waals surface area contributed by atoms with Crippen molar-refractivity contribution in [2.24, 2.45) is 0 Å². The molecule has 1 N–H and O–H groups in total. The lowest BCUT2D eigenvalue weighted by molar-refractivity contribution is -0.113. The summed E-state index contributed by atoms with van der Waals surface area (Å²) in [6.45, 7) is 4.34. The molecule has 0 radical (unpaired) electrons. The van der Waals surface area contributed by atoms with E-state index in [0.717, 1.165) is 41.6 Å². The predicted octanol–water partition coefficient (Wildman–Crippen LogP) is 5.39. The van der Waals surface area contributed by atoms with Crippen molar-refractivity contribution < 1.29 is 4.79 Å². The van der Waals surface area contributed by atoms with Gasteiger partial charge in [-0.15, -0.1) is 10.2 Å². The van der Waals surface area contributed by atoms with E-state index in [9.17, 15) is 4.79 Å². The van der Waals surface area contributed by atoms with Gasteiger partial charge in [0.05, 0.1) is 5.75 Å². The summed E-state index contributed by atoms with van der Waals surface area (Å²) in [5.41, 5.74) is 3.12. The molecule has 1 amide bonds. The number of carbonyl (C=O) groups excluding carboxylic acids is 1. The number of nitrogens with zero attached hydrogens (tertiary/aromatic N) is 3. The maximum absolute atomic E-state index is 12.7. The first-order chi connectivity index (χ1) is 14.2. The van der Waals surface area contributed by atoms with E-state index in [1.54, 1.807) is 0 Å². The zero-order chi connectivity index (χ0) is 20.2. The minimum atomic E-state index is -0.0265. The quantitative estimate of drug-likeness (QED) is 0.510. The number of rotatable bonds is 8. The average molecular weight is 407 g/mol. The summed E-state index contributed by atoms with van der Waals surface area (Å²) in [5.74, 6) is 2.15. The van der Waals surface area contributed by atoms with Crippen LogP contribution in [0.25, 0.3) is 5.69 Å². The Morgan fingerprint density at radius 2 is 1.86 bits per heavy atom. The Hall–Kier alpha value is -2.60. The zero-order valence-electron chi connectivity index (χ0n) is 16.8. The van der Waals surface area contributed by atoms with Crippen LogP contribution in [0.1, 0.15) is 56.3 Å². The number of amides is 1. The number of benzene rings is 2. The van der Waals surface area contributed by atoms with Gasteiger partial charge in [0.15, 0.2) is 5.16 Å². The Balaban J connectivity index is 1.48. The van der Waals surface area contributed by atoms with E-state index in [-0.39, 0.29) is 5.91 Å². The number of carbonyl (C=O) groups is 1. The average Bonchev–Trinajstić information content (AvgIpc) is 3.52. The van der Waals surface area contributed by atoms with E-state index in [1.165, 1.54) is 17.3 Å². The van der Waals surface area contributed by atoms with Crippen LogP contribution in [0.5, 0.6) is 0 Å². The summed E-state index contributed by atoms with van der Waals surface area (Å²) in [5, 5.41) is 12.7. The molecule has 150 valence electrons. The number of aromatic nitrogens is 3. The van der Waals surface area contributed by atoms with Crippen LogP contribution in [0.3, 0.4) is 0 Å². The Bertz CT molecular complexity index is 982. The predicted molar refractivity (Wildman–Crippen MR) is 118 cm³/mol. The van der Waals surface area contributed by atoms with Crippen LogP contribution in [-0.2, 0) is 4.79 Å². The van der Waals surface area contributed by atoms with Crippen molar-refractivity contribution >= 4 is 23.4 Å². The molecule has 5 nitrogen and oxygen atoms in total. The Morgan fingerprint density at radius 3 is 2.59 bits per heavy atom. The molecule has 0 aliphatic heterocycles. The summed E-state index contributed by atoms with van der Waals surface area (Å²) in [6.07, 6.45) is 3.34. The number of anilines is 1. The highest BCUT2D eigenvalue weighted by Gasteiger charge is 2.31. The standard InChI is InChI=1S/C23H26N4OS/c1-3-16(2)19-11-7-8-12-20(19)24-21(28)15-29-23-26-25-22(17-13-14-17)27(23)18-9-5-4-6-10-18/h4-12,16-17H,3,13-15H2,1-2H3,(H,24,28)/t16-/m0/s1. The topological polar surface area (TPSA) is 59.8 Å². The van der Waals surface area contributed by atoms with Crippen LogP contribution in [0.15, 0.2) is 59.8 Å². The highest BCUT2D eigenvalue weighted by molar-refractivity contribution is 7.99. The van der Waals surface area contributed by atoms with Gasteiger partial charge in [-0.2, -0.15) is 0 Å². The summed E-state index contributed by atoms with van der Waals surface area (Å²) in [6, 6.07) is 18.2. The third-order valence-corrected chi connectivity index (χ3v) is 6.25. The second-order valence-corrected chi connectivity index (χ2v) is 8.46. The van der Waals surface area contributed by atoms with Crippen LogP contribution in [0.2, 0.25) is 0 Å². The first-order valence-electron chi connectivity index (χ1n) is 10.2. The van der Waals surface area contributed by atoms with Gasteiger partial charge in [0.25, 0.3) is 0 Å². The number of thioether (sulfide) groups is 1. The molecule has 1 saturated carbocycles. The van der Waals surface area contributed by atoms with Crippen molar-refractivity contribution in [3.05, 3.63) is 66.0 Å². The molecule has 4 rings (SSSR count). The van der Waals surface area contributed by atoms with E-state index < -0.39 is 0 Å². The fourth-order valence-corrected chi connectivity index (χ4v) is 4.14. The molecule has 1 heterocycles. The molecule has 1 aliphatic rings. The number of nitrogens with one attached hydrogen (secondary N) is 1. The largest absolute Gasteiger partial charge is 0.325 e. The monoisotopic (exact) mass is 406 g/mol. The SMILES string of the molecule is CC[C@H](C)c1ccccc1NC(=O)CSc1nnc(C2CC2)n1-c1ccccc1.